The fourth-order valence-electron chi connectivity index (χ4n) is 1.99. The number of aromatic nitrogens is 1. The van der Waals surface area contributed by atoms with Gasteiger partial charge in [0.05, 0.1) is 12.0 Å². The molecule has 0 bridgehead atoms. The number of hydrogen-bond acceptors (Lipinski definition) is 3. The number of rotatable bonds is 2. The Balaban J connectivity index is 2.09. The molecule has 0 N–H and O–H groups in total. The maximum atomic E-state index is 8.95. The molecule has 0 radical (unpaired) electrons. The Bertz CT molecular complexity index is 753. The topological polar surface area (TPSA) is 49.8 Å². The molecule has 1 heterocycles. The molecule has 0 fully saturated rings. The quantitative estimate of drug-likeness (QED) is 0.685. The number of nitriles is 1. The first-order valence-electron chi connectivity index (χ1n) is 6.13. The van der Waals surface area contributed by atoms with Gasteiger partial charge in [-0.2, -0.15) is 5.26 Å². The average Bonchev–Trinajstić information content (AvgIpc) is 2.90. The van der Waals surface area contributed by atoms with E-state index in [-0.39, 0.29) is 5.92 Å². The summed E-state index contributed by atoms with van der Waals surface area (Å²) in [6, 6.07) is 17.7. The van der Waals surface area contributed by atoms with Crippen molar-refractivity contribution in [2.24, 2.45) is 0 Å². The molecule has 0 aliphatic carbocycles. The molecule has 3 rings (SSSR count). The molecule has 19 heavy (non-hydrogen) atoms. The van der Waals surface area contributed by atoms with E-state index in [4.69, 9.17) is 9.68 Å². The van der Waals surface area contributed by atoms with Crippen molar-refractivity contribution >= 4 is 11.1 Å². The Morgan fingerprint density at radius 2 is 1.95 bits per heavy atom. The van der Waals surface area contributed by atoms with Gasteiger partial charge in [0, 0.05) is 5.56 Å². The van der Waals surface area contributed by atoms with Gasteiger partial charge in [0.1, 0.15) is 5.52 Å². The van der Waals surface area contributed by atoms with Gasteiger partial charge in [-0.05, 0) is 36.8 Å². The standard InChI is InChI=1S/C16H12N2O/c1-11(10-17)13-7-8-15-14(9-13)18-16(19-15)12-5-3-2-4-6-12/h2-9,11H,1H3/t11-/m1/s1. The minimum atomic E-state index is -0.138. The molecule has 0 amide bonds. The SMILES string of the molecule is C[C@H](C#N)c1ccc2oc(-c3ccccc3)nc2c1. The summed E-state index contributed by atoms with van der Waals surface area (Å²) in [5.74, 6) is 0.471. The summed E-state index contributed by atoms with van der Waals surface area (Å²) in [6.45, 7) is 1.87. The van der Waals surface area contributed by atoms with E-state index < -0.39 is 0 Å². The largest absolute Gasteiger partial charge is 0.436 e. The van der Waals surface area contributed by atoms with Gasteiger partial charge in [-0.15, -0.1) is 0 Å². The normalized spacial score (nSPS) is 12.2. The predicted octanol–water partition coefficient (Wildman–Crippen LogP) is 4.12. The van der Waals surface area contributed by atoms with Crippen LogP contribution in [0.15, 0.2) is 52.9 Å². The van der Waals surface area contributed by atoms with Crippen molar-refractivity contribution in [3.8, 4) is 17.5 Å². The van der Waals surface area contributed by atoms with Gasteiger partial charge in [0.25, 0.3) is 0 Å². The van der Waals surface area contributed by atoms with Crippen LogP contribution in [-0.2, 0) is 0 Å². The number of nitrogens with zero attached hydrogens (tertiary/aromatic N) is 2. The Labute approximate surface area is 111 Å². The molecular formula is C16H12N2O. The molecule has 3 aromatic rings. The molecule has 1 aromatic heterocycles. The molecule has 1 atom stereocenters. The summed E-state index contributed by atoms with van der Waals surface area (Å²) < 4.78 is 5.73. The van der Waals surface area contributed by atoms with Gasteiger partial charge in [-0.1, -0.05) is 24.3 Å². The van der Waals surface area contributed by atoms with E-state index in [2.05, 4.69) is 11.1 Å². The molecule has 0 saturated carbocycles. The third-order valence-corrected chi connectivity index (χ3v) is 3.13. The van der Waals surface area contributed by atoms with Crippen LogP contribution in [-0.4, -0.2) is 4.98 Å². The van der Waals surface area contributed by atoms with Gasteiger partial charge in [0.15, 0.2) is 5.58 Å². The summed E-state index contributed by atoms with van der Waals surface area (Å²) in [5.41, 5.74) is 3.45. The van der Waals surface area contributed by atoms with Gasteiger partial charge in [0.2, 0.25) is 5.89 Å². The highest BCUT2D eigenvalue weighted by Crippen LogP contribution is 2.26. The minimum Gasteiger partial charge on any atom is -0.436 e. The second-order valence-corrected chi connectivity index (χ2v) is 4.46. The smallest absolute Gasteiger partial charge is 0.227 e. The summed E-state index contributed by atoms with van der Waals surface area (Å²) in [7, 11) is 0. The molecule has 0 unspecified atom stereocenters. The van der Waals surface area contributed by atoms with Crippen LogP contribution in [0.2, 0.25) is 0 Å². The van der Waals surface area contributed by atoms with Crippen LogP contribution in [0, 0.1) is 11.3 Å². The average molecular weight is 248 g/mol. The van der Waals surface area contributed by atoms with Crippen LogP contribution in [0.5, 0.6) is 0 Å². The van der Waals surface area contributed by atoms with E-state index in [0.717, 1.165) is 22.2 Å². The van der Waals surface area contributed by atoms with Crippen molar-refractivity contribution in [3.63, 3.8) is 0 Å². The van der Waals surface area contributed by atoms with Crippen LogP contribution in [0.25, 0.3) is 22.6 Å². The summed E-state index contributed by atoms with van der Waals surface area (Å²) in [4.78, 5) is 4.48. The number of benzene rings is 2. The lowest BCUT2D eigenvalue weighted by Gasteiger charge is -2.00. The predicted molar refractivity (Wildman–Crippen MR) is 73.5 cm³/mol. The van der Waals surface area contributed by atoms with E-state index in [1.54, 1.807) is 0 Å². The lowest BCUT2D eigenvalue weighted by atomic mass is 10.0. The van der Waals surface area contributed by atoms with Crippen LogP contribution < -0.4 is 0 Å². The van der Waals surface area contributed by atoms with E-state index >= 15 is 0 Å². The highest BCUT2D eigenvalue weighted by Gasteiger charge is 2.10. The fraction of sp³-hybridized carbons (Fsp3) is 0.125. The van der Waals surface area contributed by atoms with E-state index in [9.17, 15) is 0 Å². The van der Waals surface area contributed by atoms with Crippen molar-refractivity contribution in [3.05, 3.63) is 54.1 Å². The zero-order valence-corrected chi connectivity index (χ0v) is 10.5. The summed E-state index contributed by atoms with van der Waals surface area (Å²) >= 11 is 0. The lowest BCUT2D eigenvalue weighted by Crippen LogP contribution is -1.88. The number of oxazole rings is 1. The molecule has 92 valence electrons. The molecule has 2 aromatic carbocycles. The van der Waals surface area contributed by atoms with E-state index in [1.165, 1.54) is 0 Å². The third kappa shape index (κ3) is 2.09. The Morgan fingerprint density at radius 3 is 2.68 bits per heavy atom. The Kier molecular flexibility index (Phi) is 2.77. The maximum Gasteiger partial charge on any atom is 0.227 e. The van der Waals surface area contributed by atoms with Gasteiger partial charge >= 0.3 is 0 Å². The monoisotopic (exact) mass is 248 g/mol. The molecule has 3 heteroatoms. The molecule has 3 nitrogen and oxygen atoms in total. The Hall–Kier alpha value is -2.60. The highest BCUT2D eigenvalue weighted by atomic mass is 16.3. The zero-order chi connectivity index (χ0) is 13.2. The molecule has 0 aliphatic heterocycles. The lowest BCUT2D eigenvalue weighted by molar-refractivity contribution is 0.620. The van der Waals surface area contributed by atoms with Crippen molar-refractivity contribution in [2.45, 2.75) is 12.8 Å². The molecule has 0 spiro atoms. The number of hydrogen-bond donors (Lipinski definition) is 0. The second kappa shape index (κ2) is 4.58. The van der Waals surface area contributed by atoms with E-state index in [0.29, 0.717) is 5.89 Å². The zero-order valence-electron chi connectivity index (χ0n) is 10.5. The van der Waals surface area contributed by atoms with E-state index in [1.807, 2.05) is 55.5 Å². The molecular weight excluding hydrogens is 236 g/mol. The first-order chi connectivity index (χ1) is 9.28. The Morgan fingerprint density at radius 1 is 1.16 bits per heavy atom. The third-order valence-electron chi connectivity index (χ3n) is 3.13. The van der Waals surface area contributed by atoms with Gasteiger partial charge < -0.3 is 4.42 Å². The number of fused-ring (bicyclic) bond motifs is 1. The first-order valence-corrected chi connectivity index (χ1v) is 6.13. The summed E-state index contributed by atoms with van der Waals surface area (Å²) in [5, 5.41) is 8.95. The van der Waals surface area contributed by atoms with Gasteiger partial charge in [-0.25, -0.2) is 4.98 Å². The molecule has 0 saturated heterocycles. The minimum absolute atomic E-state index is 0.138. The first kappa shape index (κ1) is 11.5. The maximum absolute atomic E-state index is 8.95. The van der Waals surface area contributed by atoms with Crippen molar-refractivity contribution in [1.29, 1.82) is 5.26 Å². The van der Waals surface area contributed by atoms with Gasteiger partial charge in [-0.3, -0.25) is 0 Å². The summed E-state index contributed by atoms with van der Waals surface area (Å²) in [6.07, 6.45) is 0. The van der Waals surface area contributed by atoms with Crippen molar-refractivity contribution in [1.82, 2.24) is 4.98 Å². The van der Waals surface area contributed by atoms with Crippen molar-refractivity contribution < 1.29 is 4.42 Å². The van der Waals surface area contributed by atoms with Crippen LogP contribution in [0.1, 0.15) is 18.4 Å². The van der Waals surface area contributed by atoms with Crippen LogP contribution >= 0.6 is 0 Å². The second-order valence-electron chi connectivity index (χ2n) is 4.46. The molecule has 0 aliphatic rings. The van der Waals surface area contributed by atoms with Crippen molar-refractivity contribution in [2.75, 3.05) is 0 Å². The fourth-order valence-corrected chi connectivity index (χ4v) is 1.99. The van der Waals surface area contributed by atoms with Crippen LogP contribution in [0.4, 0.5) is 0 Å². The van der Waals surface area contributed by atoms with Crippen LogP contribution in [0.3, 0.4) is 0 Å². The highest BCUT2D eigenvalue weighted by molar-refractivity contribution is 5.77.